The van der Waals surface area contributed by atoms with E-state index in [1.165, 1.54) is 18.4 Å². The van der Waals surface area contributed by atoms with Crippen LogP contribution in [0.3, 0.4) is 0 Å². The zero-order valence-corrected chi connectivity index (χ0v) is 28.4. The number of para-hydroxylation sites is 2. The fraction of sp³-hybridized carbons (Fsp3) is 0.150. The summed E-state index contributed by atoms with van der Waals surface area (Å²) in [5.74, 6) is 0.283. The summed E-state index contributed by atoms with van der Waals surface area (Å²) in [7, 11) is 3.08. The number of rotatable bonds is 9. The van der Waals surface area contributed by atoms with E-state index in [1.807, 2.05) is 97.2 Å². The van der Waals surface area contributed by atoms with Gasteiger partial charge in [-0.1, -0.05) is 84.1 Å². The lowest BCUT2D eigenvalue weighted by atomic mass is 9.92. The zero-order chi connectivity index (χ0) is 34.8. The normalized spacial score (nSPS) is 14.2. The van der Waals surface area contributed by atoms with E-state index in [9.17, 15) is 14.9 Å². The Balaban J connectivity index is 1.47. The third kappa shape index (κ3) is 5.78. The van der Waals surface area contributed by atoms with Crippen molar-refractivity contribution in [1.29, 1.82) is 5.26 Å². The lowest BCUT2D eigenvalue weighted by molar-refractivity contribution is -0.138. The quantitative estimate of drug-likeness (QED) is 0.178. The number of esters is 1. The summed E-state index contributed by atoms with van der Waals surface area (Å²) in [5, 5.41) is 10.2. The van der Waals surface area contributed by atoms with Gasteiger partial charge in [-0.15, -0.1) is 0 Å². The average molecular weight is 681 g/mol. The summed E-state index contributed by atoms with van der Waals surface area (Å²) in [6.45, 7) is 2.47. The first-order valence-electron chi connectivity index (χ1n) is 16.0. The predicted molar refractivity (Wildman–Crippen MR) is 193 cm³/mol. The summed E-state index contributed by atoms with van der Waals surface area (Å²) < 4.78 is 21.2. The van der Waals surface area contributed by atoms with Gasteiger partial charge in [-0.3, -0.25) is 9.36 Å². The van der Waals surface area contributed by atoms with Crippen LogP contribution in [0.4, 0.5) is 0 Å². The van der Waals surface area contributed by atoms with Gasteiger partial charge in [0, 0.05) is 40.3 Å². The molecule has 4 aromatic carbocycles. The molecule has 7 rings (SSSR count). The third-order valence-electron chi connectivity index (χ3n) is 8.64. The topological polar surface area (TPSA) is 108 Å². The van der Waals surface area contributed by atoms with Crippen molar-refractivity contribution >= 4 is 40.0 Å². The standard InChI is InChI=1S/C40H32N4O5S/c1-4-49-39(46)34-35(27-11-6-5-7-12-27)42-40-44(36(34)30-14-10-16-32(47-2)37(30)48-3)38(45)33(50-40)21-28-24-43(31-15-9-8-13-29(28)31)23-26-19-17-25(22-41)18-20-26/h5-21,24,36H,4,23H2,1-3H3/b33-21-. The number of nitriles is 1. The minimum absolute atomic E-state index is 0.142. The fourth-order valence-corrected chi connectivity index (χ4v) is 7.40. The molecule has 10 heteroatoms. The van der Waals surface area contributed by atoms with E-state index >= 15 is 0 Å². The molecule has 0 bridgehead atoms. The Labute approximate surface area is 291 Å². The summed E-state index contributed by atoms with van der Waals surface area (Å²) in [5.41, 5.74) is 5.14. The van der Waals surface area contributed by atoms with E-state index < -0.39 is 12.0 Å². The SMILES string of the molecule is CCOC(=O)C1=C(c2ccccc2)N=c2s/c(=C\c3cn(Cc4ccc(C#N)cc4)c4ccccc34)c(=O)n2C1c1cccc(OC)c1OC. The Kier molecular flexibility index (Phi) is 8.90. The number of fused-ring (bicyclic) bond motifs is 2. The molecule has 1 atom stereocenters. The lowest BCUT2D eigenvalue weighted by Crippen LogP contribution is -2.40. The Morgan fingerprint density at radius 3 is 2.44 bits per heavy atom. The number of benzene rings is 4. The molecule has 3 heterocycles. The zero-order valence-electron chi connectivity index (χ0n) is 27.6. The van der Waals surface area contributed by atoms with Gasteiger partial charge in [-0.2, -0.15) is 5.26 Å². The Bertz CT molecular complexity index is 2500. The van der Waals surface area contributed by atoms with Crippen LogP contribution >= 0.6 is 11.3 Å². The van der Waals surface area contributed by atoms with Crippen LogP contribution in [0.1, 0.15) is 40.8 Å². The Hall–Kier alpha value is -6.18. The maximum Gasteiger partial charge on any atom is 0.338 e. The van der Waals surface area contributed by atoms with Gasteiger partial charge >= 0.3 is 5.97 Å². The van der Waals surface area contributed by atoms with Crippen molar-refractivity contribution < 1.29 is 19.0 Å². The molecule has 0 aliphatic carbocycles. The second-order valence-corrected chi connectivity index (χ2v) is 12.6. The second kappa shape index (κ2) is 13.7. The van der Waals surface area contributed by atoms with Crippen LogP contribution in [0.5, 0.6) is 11.5 Å². The third-order valence-corrected chi connectivity index (χ3v) is 9.63. The van der Waals surface area contributed by atoms with Gasteiger partial charge in [-0.25, -0.2) is 9.79 Å². The van der Waals surface area contributed by atoms with Crippen LogP contribution in [-0.2, 0) is 16.1 Å². The molecule has 50 heavy (non-hydrogen) atoms. The second-order valence-electron chi connectivity index (χ2n) is 11.6. The molecule has 0 amide bonds. The summed E-state index contributed by atoms with van der Waals surface area (Å²) in [6, 6.07) is 31.6. The summed E-state index contributed by atoms with van der Waals surface area (Å²) in [4.78, 5) is 34.0. The number of carbonyl (C=O) groups is 1. The number of nitrogens with zero attached hydrogens (tertiary/aromatic N) is 4. The minimum atomic E-state index is -0.926. The highest BCUT2D eigenvalue weighted by molar-refractivity contribution is 7.07. The molecule has 1 aliphatic rings. The number of hydrogen-bond donors (Lipinski definition) is 0. The molecule has 0 saturated carbocycles. The van der Waals surface area contributed by atoms with Crippen molar-refractivity contribution in [3.63, 3.8) is 0 Å². The molecule has 6 aromatic rings. The van der Waals surface area contributed by atoms with Crippen molar-refractivity contribution in [2.75, 3.05) is 20.8 Å². The van der Waals surface area contributed by atoms with Gasteiger partial charge in [0.25, 0.3) is 5.56 Å². The molecular formula is C40H32N4O5S. The molecular weight excluding hydrogens is 649 g/mol. The van der Waals surface area contributed by atoms with Gasteiger partial charge in [0.15, 0.2) is 16.3 Å². The van der Waals surface area contributed by atoms with Gasteiger partial charge in [0.05, 0.1) is 48.3 Å². The first-order chi connectivity index (χ1) is 24.4. The molecule has 0 fully saturated rings. The smallest absolute Gasteiger partial charge is 0.338 e. The van der Waals surface area contributed by atoms with Crippen molar-refractivity contribution in [3.05, 3.63) is 156 Å². The number of carbonyl (C=O) groups excluding carboxylic acids is 1. The molecule has 0 radical (unpaired) electrons. The van der Waals surface area contributed by atoms with Crippen LogP contribution in [0.15, 0.2) is 119 Å². The van der Waals surface area contributed by atoms with Crippen molar-refractivity contribution in [2.45, 2.75) is 19.5 Å². The number of thiazole rings is 1. The largest absolute Gasteiger partial charge is 0.493 e. The van der Waals surface area contributed by atoms with Crippen LogP contribution in [-0.4, -0.2) is 35.9 Å². The van der Waals surface area contributed by atoms with Crippen LogP contribution in [0.2, 0.25) is 0 Å². The monoisotopic (exact) mass is 680 g/mol. The van der Waals surface area contributed by atoms with Crippen LogP contribution in [0.25, 0.3) is 22.7 Å². The number of hydrogen-bond acceptors (Lipinski definition) is 8. The number of ether oxygens (including phenoxy) is 3. The van der Waals surface area contributed by atoms with E-state index in [0.717, 1.165) is 22.0 Å². The average Bonchev–Trinajstić information content (AvgIpc) is 3.66. The lowest BCUT2D eigenvalue weighted by Gasteiger charge is -2.27. The first kappa shape index (κ1) is 32.4. The highest BCUT2D eigenvalue weighted by Gasteiger charge is 2.37. The summed E-state index contributed by atoms with van der Waals surface area (Å²) in [6.07, 6.45) is 3.92. The van der Waals surface area contributed by atoms with Crippen molar-refractivity contribution in [3.8, 4) is 17.6 Å². The molecule has 248 valence electrons. The number of aromatic nitrogens is 2. The maximum absolute atomic E-state index is 14.6. The fourth-order valence-electron chi connectivity index (χ4n) is 6.41. The Morgan fingerprint density at radius 2 is 1.72 bits per heavy atom. The van der Waals surface area contributed by atoms with Crippen molar-refractivity contribution in [1.82, 2.24) is 9.13 Å². The molecule has 1 unspecified atom stereocenters. The predicted octanol–water partition coefficient (Wildman–Crippen LogP) is 5.83. The molecule has 0 spiro atoms. The first-order valence-corrected chi connectivity index (χ1v) is 16.8. The Morgan fingerprint density at radius 1 is 0.960 bits per heavy atom. The molecule has 2 aromatic heterocycles. The van der Waals surface area contributed by atoms with Gasteiger partial charge in [-0.05, 0) is 42.8 Å². The minimum Gasteiger partial charge on any atom is -0.493 e. The van der Waals surface area contributed by atoms with Gasteiger partial charge in [0.1, 0.15) is 6.04 Å². The van der Waals surface area contributed by atoms with Gasteiger partial charge < -0.3 is 18.8 Å². The van der Waals surface area contributed by atoms with E-state index in [0.29, 0.717) is 49.8 Å². The summed E-state index contributed by atoms with van der Waals surface area (Å²) >= 11 is 1.26. The van der Waals surface area contributed by atoms with Crippen LogP contribution in [0, 0.1) is 11.3 Å². The molecule has 1 aliphatic heterocycles. The van der Waals surface area contributed by atoms with Gasteiger partial charge in [0.2, 0.25) is 0 Å². The highest BCUT2D eigenvalue weighted by atomic mass is 32.1. The van der Waals surface area contributed by atoms with E-state index in [-0.39, 0.29) is 17.7 Å². The number of methoxy groups -OCH3 is 2. The van der Waals surface area contributed by atoms with E-state index in [2.05, 4.69) is 10.6 Å². The van der Waals surface area contributed by atoms with Crippen LogP contribution < -0.4 is 24.4 Å². The van der Waals surface area contributed by atoms with E-state index in [1.54, 1.807) is 30.7 Å². The highest BCUT2D eigenvalue weighted by Crippen LogP contribution is 2.42. The molecule has 0 N–H and O–H groups in total. The molecule has 0 saturated heterocycles. The molecule has 9 nitrogen and oxygen atoms in total. The maximum atomic E-state index is 14.6. The van der Waals surface area contributed by atoms with E-state index in [4.69, 9.17) is 19.2 Å². The van der Waals surface area contributed by atoms with Crippen molar-refractivity contribution in [2.24, 2.45) is 4.99 Å².